The molecular weight excluding hydrogens is 205 g/mol. The van der Waals surface area contributed by atoms with E-state index in [0.717, 1.165) is 5.69 Å². The van der Waals surface area contributed by atoms with Gasteiger partial charge in [0.25, 0.3) is 0 Å². The van der Waals surface area contributed by atoms with Crippen LogP contribution in [0.15, 0.2) is 18.2 Å². The fourth-order valence-corrected chi connectivity index (χ4v) is 1.40. The highest BCUT2D eigenvalue weighted by molar-refractivity contribution is 6.31. The van der Waals surface area contributed by atoms with Gasteiger partial charge >= 0.3 is 0 Å². The van der Waals surface area contributed by atoms with Crippen LogP contribution < -0.4 is 4.90 Å². The Balaban J connectivity index is 2.80. The molecule has 0 aliphatic carbocycles. The summed E-state index contributed by atoms with van der Waals surface area (Å²) in [5, 5.41) is 9.26. The Morgan fingerprint density at radius 1 is 1.57 bits per heavy atom. The van der Waals surface area contributed by atoms with Crippen LogP contribution in [0.2, 0.25) is 5.02 Å². The van der Waals surface area contributed by atoms with E-state index in [-0.39, 0.29) is 5.02 Å². The van der Waals surface area contributed by atoms with E-state index in [4.69, 9.17) is 16.7 Å². The van der Waals surface area contributed by atoms with Crippen molar-refractivity contribution in [3.63, 3.8) is 0 Å². The minimum absolute atomic E-state index is 0.0972. The van der Waals surface area contributed by atoms with Crippen LogP contribution in [0.4, 0.5) is 10.1 Å². The van der Waals surface area contributed by atoms with Crippen molar-refractivity contribution in [2.45, 2.75) is 13.0 Å². The standard InChI is InChI=1S/C10H13ClFNO/c1-7(14)6-13(2)8-3-4-10(12)9(11)5-8/h3-5,7,14H,6H2,1-2H3. The summed E-state index contributed by atoms with van der Waals surface area (Å²) in [6, 6.07) is 4.49. The molecule has 2 nitrogen and oxygen atoms in total. The monoisotopic (exact) mass is 217 g/mol. The lowest BCUT2D eigenvalue weighted by Crippen LogP contribution is -2.26. The normalized spacial score (nSPS) is 12.6. The number of aliphatic hydroxyl groups is 1. The fraction of sp³-hybridized carbons (Fsp3) is 0.400. The summed E-state index contributed by atoms with van der Waals surface area (Å²) in [7, 11) is 1.82. The highest BCUT2D eigenvalue weighted by Gasteiger charge is 2.06. The number of halogens is 2. The molecule has 0 aromatic heterocycles. The van der Waals surface area contributed by atoms with Crippen molar-refractivity contribution >= 4 is 17.3 Å². The number of nitrogens with zero attached hydrogens (tertiary/aromatic N) is 1. The summed E-state index contributed by atoms with van der Waals surface area (Å²) in [5.74, 6) is -0.430. The van der Waals surface area contributed by atoms with Gasteiger partial charge in [-0.2, -0.15) is 0 Å². The van der Waals surface area contributed by atoms with Crippen LogP contribution in [0.1, 0.15) is 6.92 Å². The predicted molar refractivity (Wildman–Crippen MR) is 56.4 cm³/mol. The molecule has 14 heavy (non-hydrogen) atoms. The van der Waals surface area contributed by atoms with Gasteiger partial charge < -0.3 is 10.0 Å². The van der Waals surface area contributed by atoms with Crippen LogP contribution in [0.3, 0.4) is 0 Å². The molecule has 78 valence electrons. The zero-order chi connectivity index (χ0) is 10.7. The molecular formula is C10H13ClFNO. The van der Waals surface area contributed by atoms with Crippen molar-refractivity contribution in [2.75, 3.05) is 18.5 Å². The minimum Gasteiger partial charge on any atom is -0.392 e. The first-order valence-electron chi connectivity index (χ1n) is 4.35. The number of rotatable bonds is 3. The van der Waals surface area contributed by atoms with Gasteiger partial charge in [-0.1, -0.05) is 11.6 Å². The molecule has 0 spiro atoms. The molecule has 4 heteroatoms. The second kappa shape index (κ2) is 4.62. The largest absolute Gasteiger partial charge is 0.392 e. The van der Waals surface area contributed by atoms with Gasteiger partial charge in [-0.3, -0.25) is 0 Å². The third-order valence-corrected chi connectivity index (χ3v) is 2.17. The van der Waals surface area contributed by atoms with Gasteiger partial charge in [0.1, 0.15) is 5.82 Å². The quantitative estimate of drug-likeness (QED) is 0.840. The lowest BCUT2D eigenvalue weighted by Gasteiger charge is -2.21. The Hall–Kier alpha value is -0.800. The molecule has 1 rings (SSSR count). The maximum Gasteiger partial charge on any atom is 0.141 e. The van der Waals surface area contributed by atoms with E-state index < -0.39 is 11.9 Å². The van der Waals surface area contributed by atoms with Crippen molar-refractivity contribution in [1.82, 2.24) is 0 Å². The summed E-state index contributed by atoms with van der Waals surface area (Å²) in [5.41, 5.74) is 0.789. The van der Waals surface area contributed by atoms with Crippen molar-refractivity contribution < 1.29 is 9.50 Å². The first-order valence-corrected chi connectivity index (χ1v) is 4.72. The second-order valence-electron chi connectivity index (χ2n) is 3.33. The van der Waals surface area contributed by atoms with Crippen LogP contribution in [0, 0.1) is 5.82 Å². The highest BCUT2D eigenvalue weighted by atomic mass is 35.5. The van der Waals surface area contributed by atoms with E-state index in [2.05, 4.69) is 0 Å². The SMILES string of the molecule is CC(O)CN(C)c1ccc(F)c(Cl)c1. The molecule has 0 aliphatic heterocycles. The van der Waals surface area contributed by atoms with E-state index in [0.29, 0.717) is 6.54 Å². The molecule has 0 fully saturated rings. The second-order valence-corrected chi connectivity index (χ2v) is 3.74. The van der Waals surface area contributed by atoms with Crippen LogP contribution >= 0.6 is 11.6 Å². The maximum absolute atomic E-state index is 12.8. The average molecular weight is 218 g/mol. The molecule has 0 amide bonds. The van der Waals surface area contributed by atoms with Gasteiger partial charge in [-0.25, -0.2) is 4.39 Å². The van der Waals surface area contributed by atoms with Gasteiger partial charge in [0.15, 0.2) is 0 Å². The Morgan fingerprint density at radius 2 is 2.21 bits per heavy atom. The molecule has 0 saturated heterocycles. The molecule has 1 atom stereocenters. The molecule has 0 radical (unpaired) electrons. The van der Waals surface area contributed by atoms with Crippen molar-refractivity contribution in [1.29, 1.82) is 0 Å². The lowest BCUT2D eigenvalue weighted by atomic mass is 10.2. The molecule has 0 heterocycles. The Bertz CT molecular complexity index is 317. The maximum atomic E-state index is 12.8. The van der Waals surface area contributed by atoms with Crippen molar-refractivity contribution in [3.8, 4) is 0 Å². The lowest BCUT2D eigenvalue weighted by molar-refractivity contribution is 0.201. The summed E-state index contributed by atoms with van der Waals surface area (Å²) >= 11 is 5.63. The fourth-order valence-electron chi connectivity index (χ4n) is 1.22. The summed E-state index contributed by atoms with van der Waals surface area (Å²) < 4.78 is 12.8. The molecule has 1 aromatic carbocycles. The van der Waals surface area contributed by atoms with Crippen molar-refractivity contribution in [2.24, 2.45) is 0 Å². The molecule has 0 bridgehead atoms. The Labute approximate surface area is 87.9 Å². The van der Waals surface area contributed by atoms with Gasteiger partial charge in [-0.15, -0.1) is 0 Å². The van der Waals surface area contributed by atoms with Crippen LogP contribution in [0.25, 0.3) is 0 Å². The van der Waals surface area contributed by atoms with E-state index >= 15 is 0 Å². The highest BCUT2D eigenvalue weighted by Crippen LogP contribution is 2.21. The van der Waals surface area contributed by atoms with Gasteiger partial charge in [0.2, 0.25) is 0 Å². The summed E-state index contributed by atoms with van der Waals surface area (Å²) in [4.78, 5) is 1.82. The molecule has 0 saturated carbocycles. The zero-order valence-electron chi connectivity index (χ0n) is 8.17. The third-order valence-electron chi connectivity index (χ3n) is 1.88. The van der Waals surface area contributed by atoms with Crippen molar-refractivity contribution in [3.05, 3.63) is 29.0 Å². The average Bonchev–Trinajstić information content (AvgIpc) is 2.08. The topological polar surface area (TPSA) is 23.5 Å². The summed E-state index contributed by atoms with van der Waals surface area (Å²) in [6.07, 6.45) is -0.427. The predicted octanol–water partition coefficient (Wildman–Crippen LogP) is 2.30. The van der Waals surface area contributed by atoms with Crippen LogP contribution in [-0.4, -0.2) is 24.8 Å². The smallest absolute Gasteiger partial charge is 0.141 e. The van der Waals surface area contributed by atoms with Crippen LogP contribution in [-0.2, 0) is 0 Å². The number of hydrogen-bond acceptors (Lipinski definition) is 2. The zero-order valence-corrected chi connectivity index (χ0v) is 8.92. The minimum atomic E-state index is -0.430. The van der Waals surface area contributed by atoms with Gasteiger partial charge in [-0.05, 0) is 25.1 Å². The molecule has 1 N–H and O–H groups in total. The number of likely N-dealkylation sites (N-methyl/N-ethyl adjacent to an activating group) is 1. The third kappa shape index (κ3) is 2.86. The molecule has 1 aromatic rings. The van der Waals surface area contributed by atoms with E-state index in [1.165, 1.54) is 6.07 Å². The van der Waals surface area contributed by atoms with Gasteiger partial charge in [0, 0.05) is 19.3 Å². The number of hydrogen-bond donors (Lipinski definition) is 1. The van der Waals surface area contributed by atoms with E-state index in [1.807, 2.05) is 11.9 Å². The first kappa shape index (κ1) is 11.3. The number of benzene rings is 1. The van der Waals surface area contributed by atoms with Gasteiger partial charge in [0.05, 0.1) is 11.1 Å². The summed E-state index contributed by atoms with van der Waals surface area (Å²) in [6.45, 7) is 2.18. The van der Waals surface area contributed by atoms with E-state index in [1.54, 1.807) is 19.1 Å². The Kier molecular flexibility index (Phi) is 3.72. The number of aliphatic hydroxyl groups excluding tert-OH is 1. The first-order chi connectivity index (χ1) is 6.50. The Morgan fingerprint density at radius 3 is 2.71 bits per heavy atom. The molecule has 0 aliphatic rings. The molecule has 1 unspecified atom stereocenters. The van der Waals surface area contributed by atoms with Crippen LogP contribution in [0.5, 0.6) is 0 Å². The van der Waals surface area contributed by atoms with E-state index in [9.17, 15) is 4.39 Å². The number of anilines is 1.